The lowest BCUT2D eigenvalue weighted by molar-refractivity contribution is 1.76. The van der Waals surface area contributed by atoms with Crippen LogP contribution in [-0.4, -0.2) is 17.4 Å². The number of benzene rings is 4. The zero-order chi connectivity index (χ0) is 17.9. The van der Waals surface area contributed by atoms with Crippen LogP contribution in [0.25, 0.3) is 0 Å². The number of hydrogen-bond donors (Lipinski definition) is 0. The summed E-state index contributed by atoms with van der Waals surface area (Å²) in [5, 5.41) is 5.59. The van der Waals surface area contributed by atoms with Gasteiger partial charge in [-0.2, -0.15) is 0 Å². The van der Waals surface area contributed by atoms with Crippen LogP contribution in [0.1, 0.15) is 0 Å². The second-order valence-corrected chi connectivity index (χ2v) is 8.52. The molecule has 0 saturated carbocycles. The quantitative estimate of drug-likeness (QED) is 0.356. The highest BCUT2D eigenvalue weighted by molar-refractivity contribution is 7.55. The molecule has 0 atom stereocenters. The fourth-order valence-corrected chi connectivity index (χ4v) is 4.52. The van der Waals surface area contributed by atoms with Crippen molar-refractivity contribution in [2.24, 2.45) is 0 Å². The van der Waals surface area contributed by atoms with Crippen LogP contribution in [0.2, 0.25) is 0 Å². The fraction of sp³-hybridized carbons (Fsp3) is 0. The van der Waals surface area contributed by atoms with Crippen molar-refractivity contribution < 1.29 is 0 Å². The summed E-state index contributed by atoms with van der Waals surface area (Å²) in [7, 11) is 1.55. The normalized spacial score (nSPS) is 9.48. The molecule has 3 radical (unpaired) electrons. The van der Waals surface area contributed by atoms with Gasteiger partial charge in [-0.1, -0.05) is 138 Å². The Morgan fingerprint density at radius 3 is 0.667 bits per heavy atom. The molecular weight excluding hydrogens is 377 g/mol. The molecular formula is C24H22AlP2. The molecule has 0 heterocycles. The van der Waals surface area contributed by atoms with Gasteiger partial charge in [0.1, 0.15) is 0 Å². The van der Waals surface area contributed by atoms with Crippen LogP contribution in [0.3, 0.4) is 0 Å². The molecule has 0 aliphatic heterocycles. The standard InChI is InChI=1S/2C12H11P.Al/c2*1-3-7-11(8-4-1)13-12-9-5-2-6-10-12;/h2*1-10,13H;. The summed E-state index contributed by atoms with van der Waals surface area (Å²) in [5.74, 6) is 0. The summed E-state index contributed by atoms with van der Waals surface area (Å²) in [6.45, 7) is 0. The second kappa shape index (κ2) is 12.6. The average molecular weight is 399 g/mol. The fourth-order valence-electron chi connectivity index (χ4n) is 2.42. The maximum Gasteiger partial charge on any atom is 0 e. The van der Waals surface area contributed by atoms with Gasteiger partial charge < -0.3 is 0 Å². The summed E-state index contributed by atoms with van der Waals surface area (Å²) < 4.78 is 0. The molecule has 0 spiro atoms. The number of rotatable bonds is 4. The van der Waals surface area contributed by atoms with Crippen molar-refractivity contribution in [2.75, 3.05) is 0 Å². The SMILES string of the molecule is [Al].c1ccc(Pc2ccccc2)cc1.c1ccc(Pc2ccccc2)cc1. The van der Waals surface area contributed by atoms with E-state index in [1.807, 2.05) is 0 Å². The van der Waals surface area contributed by atoms with E-state index in [1.165, 1.54) is 21.2 Å². The van der Waals surface area contributed by atoms with Crippen LogP contribution >= 0.6 is 17.2 Å². The van der Waals surface area contributed by atoms with Gasteiger partial charge in [0, 0.05) is 17.4 Å². The molecule has 131 valence electrons. The van der Waals surface area contributed by atoms with Crippen LogP contribution in [0.15, 0.2) is 121 Å². The third kappa shape index (κ3) is 8.22. The molecule has 0 bridgehead atoms. The molecule has 0 aliphatic rings. The van der Waals surface area contributed by atoms with Gasteiger partial charge in [-0.05, 0) is 21.2 Å². The van der Waals surface area contributed by atoms with E-state index in [-0.39, 0.29) is 17.4 Å². The van der Waals surface area contributed by atoms with Gasteiger partial charge in [-0.15, -0.1) is 0 Å². The van der Waals surface area contributed by atoms with Crippen LogP contribution in [0, 0.1) is 0 Å². The molecule has 0 unspecified atom stereocenters. The van der Waals surface area contributed by atoms with Crippen molar-refractivity contribution in [1.82, 2.24) is 0 Å². The minimum atomic E-state index is 0. The maximum atomic E-state index is 2.17. The smallest absolute Gasteiger partial charge is 0 e. The minimum Gasteiger partial charge on any atom is -0.0622 e. The predicted octanol–water partition coefficient (Wildman–Crippen LogP) is 4.25. The topological polar surface area (TPSA) is 0 Å². The van der Waals surface area contributed by atoms with Crippen molar-refractivity contribution in [3.05, 3.63) is 121 Å². The monoisotopic (exact) mass is 399 g/mol. The first-order valence-corrected chi connectivity index (χ1v) is 10.6. The molecule has 0 amide bonds. The Balaban J connectivity index is 0.000000187. The minimum absolute atomic E-state index is 0. The molecule has 0 nitrogen and oxygen atoms in total. The lowest BCUT2D eigenvalue weighted by Crippen LogP contribution is -2.01. The molecule has 0 saturated heterocycles. The Morgan fingerprint density at radius 2 is 0.481 bits per heavy atom. The van der Waals surface area contributed by atoms with Gasteiger partial charge in [0.25, 0.3) is 0 Å². The van der Waals surface area contributed by atoms with E-state index in [2.05, 4.69) is 121 Å². The molecule has 0 aromatic heterocycles. The van der Waals surface area contributed by atoms with Gasteiger partial charge in [-0.3, -0.25) is 0 Å². The van der Waals surface area contributed by atoms with E-state index in [0.29, 0.717) is 0 Å². The molecule has 4 aromatic carbocycles. The largest absolute Gasteiger partial charge is 0.0622 e. The Bertz CT molecular complexity index is 715. The van der Waals surface area contributed by atoms with Crippen molar-refractivity contribution in [2.45, 2.75) is 0 Å². The lowest BCUT2D eigenvalue weighted by atomic mass is 10.4. The van der Waals surface area contributed by atoms with Crippen molar-refractivity contribution in [1.29, 1.82) is 0 Å². The number of hydrogen-bond acceptors (Lipinski definition) is 0. The van der Waals surface area contributed by atoms with Crippen LogP contribution in [0.5, 0.6) is 0 Å². The third-order valence-electron chi connectivity index (χ3n) is 3.67. The van der Waals surface area contributed by atoms with Crippen LogP contribution in [0.4, 0.5) is 0 Å². The van der Waals surface area contributed by atoms with Gasteiger partial charge >= 0.3 is 0 Å². The molecule has 3 heteroatoms. The molecule has 27 heavy (non-hydrogen) atoms. The lowest BCUT2D eigenvalue weighted by Gasteiger charge is -2.00. The highest BCUT2D eigenvalue weighted by Crippen LogP contribution is 2.09. The van der Waals surface area contributed by atoms with E-state index in [0.717, 1.165) is 17.2 Å². The first kappa shape index (κ1) is 21.6. The first-order valence-electron chi connectivity index (χ1n) is 8.64. The molecule has 0 N–H and O–H groups in total. The Morgan fingerprint density at radius 1 is 0.296 bits per heavy atom. The van der Waals surface area contributed by atoms with Crippen molar-refractivity contribution in [3.63, 3.8) is 0 Å². The highest BCUT2D eigenvalue weighted by Gasteiger charge is 1.93. The second-order valence-electron chi connectivity index (χ2n) is 5.71. The highest BCUT2D eigenvalue weighted by atomic mass is 31.1. The summed E-state index contributed by atoms with van der Waals surface area (Å²) in [6, 6.07) is 42.3. The molecule has 4 rings (SSSR count). The van der Waals surface area contributed by atoms with Crippen LogP contribution < -0.4 is 21.2 Å². The van der Waals surface area contributed by atoms with Gasteiger partial charge in [0.15, 0.2) is 0 Å². The van der Waals surface area contributed by atoms with Crippen molar-refractivity contribution in [3.8, 4) is 0 Å². The van der Waals surface area contributed by atoms with Gasteiger partial charge in [0.2, 0.25) is 0 Å². The average Bonchev–Trinajstić information content (AvgIpc) is 2.72. The van der Waals surface area contributed by atoms with E-state index < -0.39 is 0 Å². The maximum absolute atomic E-state index is 2.17. The summed E-state index contributed by atoms with van der Waals surface area (Å²) >= 11 is 0. The van der Waals surface area contributed by atoms with Crippen molar-refractivity contribution >= 4 is 55.7 Å². The summed E-state index contributed by atoms with van der Waals surface area (Å²) in [5.41, 5.74) is 0. The summed E-state index contributed by atoms with van der Waals surface area (Å²) in [6.07, 6.45) is 0. The molecule has 0 fully saturated rings. The third-order valence-corrected chi connectivity index (χ3v) is 6.16. The Labute approximate surface area is 176 Å². The van der Waals surface area contributed by atoms with E-state index in [4.69, 9.17) is 0 Å². The summed E-state index contributed by atoms with van der Waals surface area (Å²) in [4.78, 5) is 0. The zero-order valence-electron chi connectivity index (χ0n) is 15.1. The van der Waals surface area contributed by atoms with Gasteiger partial charge in [-0.25, -0.2) is 0 Å². The van der Waals surface area contributed by atoms with E-state index in [1.54, 1.807) is 0 Å². The Hall–Kier alpha value is -1.73. The van der Waals surface area contributed by atoms with E-state index >= 15 is 0 Å². The molecule has 4 aromatic rings. The van der Waals surface area contributed by atoms with Crippen LogP contribution in [-0.2, 0) is 0 Å². The first-order chi connectivity index (χ1) is 12.9. The predicted molar refractivity (Wildman–Crippen MR) is 127 cm³/mol. The van der Waals surface area contributed by atoms with E-state index in [9.17, 15) is 0 Å². The molecule has 0 aliphatic carbocycles. The Kier molecular flexibility index (Phi) is 10.1. The van der Waals surface area contributed by atoms with Gasteiger partial charge in [0.05, 0.1) is 0 Å². The zero-order valence-corrected chi connectivity index (χ0v) is 18.3.